The van der Waals surface area contributed by atoms with Crippen LogP contribution in [-0.4, -0.2) is 98.9 Å². The third kappa shape index (κ3) is 15.1. The lowest BCUT2D eigenvalue weighted by Gasteiger charge is -2.27. The maximum atomic E-state index is 13.8. The molecule has 0 saturated heterocycles. The summed E-state index contributed by atoms with van der Waals surface area (Å²) in [6.07, 6.45) is -2.62. The molecule has 0 aliphatic heterocycles. The first-order valence-electron chi connectivity index (χ1n) is 16.7. The second-order valence-corrected chi connectivity index (χ2v) is 12.8. The number of ketones is 1. The summed E-state index contributed by atoms with van der Waals surface area (Å²) in [6, 6.07) is 9.71. The molecule has 0 saturated carbocycles. The Kier molecular flexibility index (Phi) is 17.1. The number of carboxylic acid groups (broad SMARTS) is 3. The molecule has 0 aliphatic carbocycles. The van der Waals surface area contributed by atoms with Crippen molar-refractivity contribution < 1.29 is 53.7 Å². The van der Waals surface area contributed by atoms with Gasteiger partial charge in [0.2, 0.25) is 23.6 Å². The van der Waals surface area contributed by atoms with Crippen molar-refractivity contribution in [2.45, 2.75) is 96.1 Å². The number of benzene rings is 2. The van der Waals surface area contributed by atoms with E-state index in [-0.39, 0.29) is 24.7 Å². The smallest absolute Gasteiger partial charge is 0.305 e. The third-order valence-corrected chi connectivity index (χ3v) is 7.68. The molecule has 5 unspecified atom stereocenters. The van der Waals surface area contributed by atoms with Gasteiger partial charge in [0.25, 0.3) is 0 Å². The van der Waals surface area contributed by atoms with Crippen LogP contribution in [0.15, 0.2) is 60.7 Å². The number of nitrogens with one attached hydrogen (secondary N) is 5. The Bertz CT molecular complexity index is 1570. The Morgan fingerprint density at radius 2 is 0.808 bits per heavy atom. The molecule has 2 rings (SSSR count). The number of Topliss-reactive ketones (excluding diaryl/α,β-unsaturated/α-hetero) is 1. The van der Waals surface area contributed by atoms with Crippen molar-refractivity contribution in [2.75, 3.05) is 0 Å². The molecule has 282 valence electrons. The molecule has 0 aliphatic rings. The van der Waals surface area contributed by atoms with E-state index in [0.717, 1.165) is 5.56 Å². The Labute approximate surface area is 301 Å². The Morgan fingerprint density at radius 3 is 1.19 bits per heavy atom. The van der Waals surface area contributed by atoms with Gasteiger partial charge in [-0.05, 0) is 17.5 Å². The van der Waals surface area contributed by atoms with E-state index in [1.54, 1.807) is 88.4 Å². The van der Waals surface area contributed by atoms with Crippen molar-refractivity contribution in [1.82, 2.24) is 26.6 Å². The van der Waals surface area contributed by atoms with Crippen molar-refractivity contribution in [1.29, 1.82) is 0 Å². The average Bonchev–Trinajstić information content (AvgIpc) is 3.06. The zero-order chi connectivity index (χ0) is 39.0. The molecular formula is C36H47N5O11. The number of aliphatic carboxylic acids is 3. The van der Waals surface area contributed by atoms with Crippen molar-refractivity contribution >= 4 is 47.3 Å². The monoisotopic (exact) mass is 725 g/mol. The predicted molar refractivity (Wildman–Crippen MR) is 187 cm³/mol. The highest BCUT2D eigenvalue weighted by molar-refractivity contribution is 5.98. The van der Waals surface area contributed by atoms with Crippen molar-refractivity contribution in [2.24, 2.45) is 5.92 Å². The second-order valence-electron chi connectivity index (χ2n) is 12.8. The Morgan fingerprint density at radius 1 is 0.481 bits per heavy atom. The van der Waals surface area contributed by atoms with Gasteiger partial charge in [-0.2, -0.15) is 0 Å². The fourth-order valence-corrected chi connectivity index (χ4v) is 5.20. The van der Waals surface area contributed by atoms with Crippen LogP contribution >= 0.6 is 0 Å². The molecule has 2 aromatic rings. The van der Waals surface area contributed by atoms with Gasteiger partial charge in [0.05, 0.1) is 31.3 Å². The molecule has 0 spiro atoms. The van der Waals surface area contributed by atoms with Crippen LogP contribution in [0.5, 0.6) is 0 Å². The highest BCUT2D eigenvalue weighted by Gasteiger charge is 2.35. The van der Waals surface area contributed by atoms with Gasteiger partial charge in [0, 0.05) is 18.4 Å². The maximum absolute atomic E-state index is 13.8. The van der Waals surface area contributed by atoms with Crippen LogP contribution in [-0.2, 0) is 51.2 Å². The number of hydrogen-bond acceptors (Lipinski definition) is 9. The molecule has 0 radical (unpaired) electrons. The zero-order valence-corrected chi connectivity index (χ0v) is 29.5. The molecule has 0 aromatic heterocycles. The molecule has 0 bridgehead atoms. The van der Waals surface area contributed by atoms with Crippen LogP contribution in [0, 0.1) is 5.92 Å². The van der Waals surface area contributed by atoms with Crippen LogP contribution in [0.4, 0.5) is 0 Å². The lowest BCUT2D eigenvalue weighted by molar-refractivity contribution is -0.144. The van der Waals surface area contributed by atoms with Crippen LogP contribution in [0.25, 0.3) is 0 Å². The second kappa shape index (κ2) is 20.9. The van der Waals surface area contributed by atoms with E-state index in [1.165, 1.54) is 0 Å². The van der Waals surface area contributed by atoms with E-state index in [0.29, 0.717) is 5.56 Å². The molecular weight excluding hydrogens is 678 g/mol. The van der Waals surface area contributed by atoms with Crippen LogP contribution < -0.4 is 26.6 Å². The van der Waals surface area contributed by atoms with E-state index in [2.05, 4.69) is 26.6 Å². The van der Waals surface area contributed by atoms with Gasteiger partial charge in [0.1, 0.15) is 18.1 Å². The van der Waals surface area contributed by atoms with E-state index < -0.39 is 96.9 Å². The van der Waals surface area contributed by atoms with Gasteiger partial charge in [-0.1, -0.05) is 88.4 Å². The van der Waals surface area contributed by atoms with Crippen molar-refractivity contribution in [3.05, 3.63) is 71.8 Å². The lowest BCUT2D eigenvalue weighted by Crippen LogP contribution is -2.60. The SMILES string of the molecule is CC(C)NC(CC(=O)O)C(=O)NC(CC(=O)O)C(=O)NC(CC(=O)O)C(=O)NC(Cc1ccccc1)C(=O)NC(Cc1ccccc1)C(=O)C(C)C. The van der Waals surface area contributed by atoms with Crippen LogP contribution in [0.3, 0.4) is 0 Å². The maximum Gasteiger partial charge on any atom is 0.305 e. The molecule has 4 amide bonds. The predicted octanol–water partition coefficient (Wildman–Crippen LogP) is 0.427. The molecule has 0 fully saturated rings. The van der Waals surface area contributed by atoms with E-state index in [4.69, 9.17) is 0 Å². The first kappa shape index (κ1) is 42.5. The standard InChI is InChI=1S/C36H47N5O11/c1-20(2)32(48)24(15-22-11-7-5-8-12-22)38-33(49)25(16-23-13-9-6-10-14-23)39-35(51)27(18-30(44)45)41-36(52)28(19-31(46)47)40-34(50)26(17-29(42)43)37-21(3)4/h5-14,20-21,24-28,37H,15-19H2,1-4H3,(H,38,49)(H,39,51)(H,40,50)(H,41,52)(H,42,43)(H,44,45)(H,46,47). The molecule has 52 heavy (non-hydrogen) atoms. The summed E-state index contributed by atoms with van der Waals surface area (Å²) in [4.78, 5) is 102. The number of carbonyl (C=O) groups is 8. The fraction of sp³-hybridized carbons (Fsp3) is 0.444. The Hall–Kier alpha value is -5.64. The van der Waals surface area contributed by atoms with E-state index in [9.17, 15) is 53.7 Å². The van der Waals surface area contributed by atoms with Gasteiger partial charge in [0.15, 0.2) is 5.78 Å². The Balaban J connectivity index is 2.38. The van der Waals surface area contributed by atoms with Gasteiger partial charge in [-0.3, -0.25) is 38.4 Å². The topological polar surface area (TPSA) is 257 Å². The largest absolute Gasteiger partial charge is 0.481 e. The van der Waals surface area contributed by atoms with Gasteiger partial charge >= 0.3 is 17.9 Å². The highest BCUT2D eigenvalue weighted by Crippen LogP contribution is 2.11. The van der Waals surface area contributed by atoms with Crippen LogP contribution in [0.2, 0.25) is 0 Å². The summed E-state index contributed by atoms with van der Waals surface area (Å²) >= 11 is 0. The van der Waals surface area contributed by atoms with E-state index >= 15 is 0 Å². The van der Waals surface area contributed by atoms with Gasteiger partial charge in [-0.15, -0.1) is 0 Å². The van der Waals surface area contributed by atoms with E-state index in [1.807, 2.05) is 0 Å². The minimum atomic E-state index is -1.86. The van der Waals surface area contributed by atoms with Crippen molar-refractivity contribution in [3.63, 3.8) is 0 Å². The summed E-state index contributed by atoms with van der Waals surface area (Å²) in [5.74, 6) is -9.27. The molecule has 16 heteroatoms. The summed E-state index contributed by atoms with van der Waals surface area (Å²) in [6.45, 7) is 6.63. The fourth-order valence-electron chi connectivity index (χ4n) is 5.20. The molecule has 0 heterocycles. The number of carbonyl (C=O) groups excluding carboxylic acids is 5. The normalized spacial score (nSPS) is 13.9. The van der Waals surface area contributed by atoms with Gasteiger partial charge < -0.3 is 41.9 Å². The first-order valence-corrected chi connectivity index (χ1v) is 16.7. The number of carboxylic acids is 3. The quantitative estimate of drug-likeness (QED) is 0.0822. The molecule has 8 N–H and O–H groups in total. The summed E-state index contributed by atoms with van der Waals surface area (Å²) < 4.78 is 0. The molecule has 2 aromatic carbocycles. The first-order chi connectivity index (χ1) is 24.5. The average molecular weight is 726 g/mol. The highest BCUT2D eigenvalue weighted by atomic mass is 16.4. The minimum Gasteiger partial charge on any atom is -0.481 e. The minimum absolute atomic E-state index is 0.0917. The summed E-state index contributed by atoms with van der Waals surface area (Å²) in [5.41, 5.74) is 1.37. The lowest BCUT2D eigenvalue weighted by atomic mass is 9.95. The molecule has 16 nitrogen and oxygen atoms in total. The summed E-state index contributed by atoms with van der Waals surface area (Å²) in [7, 11) is 0. The molecule has 5 atom stereocenters. The number of amides is 4. The summed E-state index contributed by atoms with van der Waals surface area (Å²) in [5, 5.41) is 40.5. The number of hydrogen-bond donors (Lipinski definition) is 8. The third-order valence-electron chi connectivity index (χ3n) is 7.68. The zero-order valence-electron chi connectivity index (χ0n) is 29.5. The number of rotatable bonds is 22. The van der Waals surface area contributed by atoms with Gasteiger partial charge in [-0.25, -0.2) is 0 Å². The van der Waals surface area contributed by atoms with Crippen LogP contribution in [0.1, 0.15) is 58.1 Å². The van der Waals surface area contributed by atoms with Crippen molar-refractivity contribution in [3.8, 4) is 0 Å².